The summed E-state index contributed by atoms with van der Waals surface area (Å²) in [5.41, 5.74) is 0.501. The first-order valence-electron chi connectivity index (χ1n) is 11.4. The lowest BCUT2D eigenvalue weighted by Crippen LogP contribution is -2.44. The Morgan fingerprint density at radius 2 is 1.73 bits per heavy atom. The number of aliphatic hydroxyl groups excluding tert-OH is 1. The van der Waals surface area contributed by atoms with E-state index in [9.17, 15) is 36.2 Å². The average molecular weight is 527 g/mol. The van der Waals surface area contributed by atoms with Gasteiger partial charge >= 0.3 is 6.18 Å². The molecular formula is C24H23F6N5O2. The number of hydrogen-bond donors (Lipinski definition) is 2. The van der Waals surface area contributed by atoms with E-state index < -0.39 is 47.4 Å². The molecule has 0 radical (unpaired) electrons. The van der Waals surface area contributed by atoms with Crippen LogP contribution in [0.25, 0.3) is 0 Å². The summed E-state index contributed by atoms with van der Waals surface area (Å²) in [7, 11) is 0. The predicted octanol–water partition coefficient (Wildman–Crippen LogP) is 3.38. The molecule has 1 aromatic heterocycles. The van der Waals surface area contributed by atoms with Crippen LogP contribution in [0.3, 0.4) is 0 Å². The number of amides is 1. The smallest absolute Gasteiger partial charge is 0.394 e. The third-order valence-electron chi connectivity index (χ3n) is 6.16. The largest absolute Gasteiger partial charge is 0.451 e. The van der Waals surface area contributed by atoms with Gasteiger partial charge in [-0.25, -0.2) is 13.2 Å². The highest BCUT2D eigenvalue weighted by Gasteiger charge is 2.40. The molecule has 1 amide bonds. The third-order valence-corrected chi connectivity index (χ3v) is 6.16. The van der Waals surface area contributed by atoms with E-state index in [2.05, 4.69) is 15.5 Å². The van der Waals surface area contributed by atoms with Crippen molar-refractivity contribution in [2.24, 2.45) is 0 Å². The van der Waals surface area contributed by atoms with Crippen LogP contribution in [0.2, 0.25) is 0 Å². The van der Waals surface area contributed by atoms with Crippen molar-refractivity contribution in [3.8, 4) is 0 Å². The molecule has 3 aromatic rings. The van der Waals surface area contributed by atoms with Gasteiger partial charge in [-0.3, -0.25) is 4.79 Å². The number of nitrogens with one attached hydrogen (secondary N) is 1. The Kier molecular flexibility index (Phi) is 7.83. The van der Waals surface area contributed by atoms with Crippen LogP contribution in [-0.2, 0) is 30.5 Å². The van der Waals surface area contributed by atoms with Gasteiger partial charge in [-0.2, -0.15) is 13.2 Å². The summed E-state index contributed by atoms with van der Waals surface area (Å²) < 4.78 is 81.9. The standard InChI is InChI=1S/C24H23F6N5O2/c25-17-11-19(27)18(26)9-15(17)8-16(31-20(13-36)14-4-2-1-3-5-14)10-22(37)34-6-7-35-21(12-34)32-33-23(35)24(28,29)30/h1-5,9,11,16,20,31,36H,6-8,10,12-13H2/t16-,20-/m1/s1. The fourth-order valence-electron chi connectivity index (χ4n) is 4.32. The van der Waals surface area contributed by atoms with E-state index in [1.54, 1.807) is 30.3 Å². The zero-order chi connectivity index (χ0) is 26.7. The van der Waals surface area contributed by atoms with Crippen molar-refractivity contribution in [1.29, 1.82) is 0 Å². The maximum absolute atomic E-state index is 14.4. The van der Waals surface area contributed by atoms with Crippen molar-refractivity contribution in [3.63, 3.8) is 0 Å². The first-order chi connectivity index (χ1) is 17.6. The highest BCUT2D eigenvalue weighted by atomic mass is 19.4. The number of alkyl halides is 3. The second-order valence-electron chi connectivity index (χ2n) is 8.68. The number of rotatable bonds is 8. The second-order valence-corrected chi connectivity index (χ2v) is 8.68. The molecule has 1 aliphatic heterocycles. The van der Waals surface area contributed by atoms with E-state index in [1.165, 1.54) is 4.90 Å². The van der Waals surface area contributed by atoms with Gasteiger partial charge in [0.2, 0.25) is 11.7 Å². The molecule has 37 heavy (non-hydrogen) atoms. The Bertz CT molecular complexity index is 1250. The molecule has 0 unspecified atom stereocenters. The third kappa shape index (κ3) is 6.10. The molecule has 7 nitrogen and oxygen atoms in total. The van der Waals surface area contributed by atoms with Gasteiger partial charge in [0, 0.05) is 31.6 Å². The highest BCUT2D eigenvalue weighted by molar-refractivity contribution is 5.77. The minimum absolute atomic E-state index is 0.0272. The molecular weight excluding hydrogens is 504 g/mol. The van der Waals surface area contributed by atoms with E-state index >= 15 is 0 Å². The lowest BCUT2D eigenvalue weighted by Gasteiger charge is -2.31. The maximum atomic E-state index is 14.4. The summed E-state index contributed by atoms with van der Waals surface area (Å²) in [6.07, 6.45) is -5.17. The molecule has 2 heterocycles. The van der Waals surface area contributed by atoms with Crippen LogP contribution < -0.4 is 5.32 Å². The predicted molar refractivity (Wildman–Crippen MR) is 118 cm³/mol. The van der Waals surface area contributed by atoms with Gasteiger partial charge in [-0.1, -0.05) is 30.3 Å². The molecule has 0 bridgehead atoms. The summed E-state index contributed by atoms with van der Waals surface area (Å²) in [6.45, 7) is -0.790. The minimum atomic E-state index is -4.68. The number of aliphatic hydroxyl groups is 1. The lowest BCUT2D eigenvalue weighted by atomic mass is 9.99. The Hall–Kier alpha value is -3.45. The van der Waals surface area contributed by atoms with Crippen LogP contribution in [0.5, 0.6) is 0 Å². The van der Waals surface area contributed by atoms with Gasteiger partial charge in [0.15, 0.2) is 17.5 Å². The van der Waals surface area contributed by atoms with Crippen molar-refractivity contribution in [3.05, 3.63) is 82.7 Å². The minimum Gasteiger partial charge on any atom is -0.394 e. The number of nitrogens with zero attached hydrogens (tertiary/aromatic N) is 4. The molecule has 4 rings (SSSR count). The van der Waals surface area contributed by atoms with Crippen LogP contribution in [0.1, 0.15) is 35.2 Å². The molecule has 1 aliphatic rings. The fourth-order valence-corrected chi connectivity index (χ4v) is 4.32. The van der Waals surface area contributed by atoms with Gasteiger partial charge in [0.1, 0.15) is 5.82 Å². The van der Waals surface area contributed by atoms with Gasteiger partial charge in [0.25, 0.3) is 0 Å². The molecule has 2 N–H and O–H groups in total. The summed E-state index contributed by atoms with van der Waals surface area (Å²) in [5, 5.41) is 19.8. The van der Waals surface area contributed by atoms with Crippen molar-refractivity contribution in [2.75, 3.05) is 13.2 Å². The number of carbonyl (C=O) groups excluding carboxylic acids is 1. The van der Waals surface area contributed by atoms with Crippen LogP contribution in [0.15, 0.2) is 42.5 Å². The molecule has 0 saturated carbocycles. The number of carbonyl (C=O) groups is 1. The van der Waals surface area contributed by atoms with E-state index in [1.807, 2.05) is 0 Å². The molecule has 2 aromatic carbocycles. The number of benzene rings is 2. The normalized spacial score (nSPS) is 15.4. The summed E-state index contributed by atoms with van der Waals surface area (Å²) in [5.74, 6) is -5.25. The van der Waals surface area contributed by atoms with E-state index in [0.717, 1.165) is 4.57 Å². The first kappa shape index (κ1) is 26.6. The quantitative estimate of drug-likeness (QED) is 0.347. The van der Waals surface area contributed by atoms with Crippen molar-refractivity contribution >= 4 is 5.91 Å². The Labute approximate surface area is 207 Å². The monoisotopic (exact) mass is 527 g/mol. The zero-order valence-electron chi connectivity index (χ0n) is 19.4. The SMILES string of the molecule is O=C(C[C@@H](Cc1cc(F)c(F)cc1F)N[C@H](CO)c1ccccc1)N1CCn2c(nnc2C(F)(F)F)C1. The van der Waals surface area contributed by atoms with Gasteiger partial charge in [0.05, 0.1) is 19.2 Å². The fraction of sp³-hybridized carbons (Fsp3) is 0.375. The van der Waals surface area contributed by atoms with E-state index in [4.69, 9.17) is 0 Å². The Morgan fingerprint density at radius 3 is 2.41 bits per heavy atom. The summed E-state index contributed by atoms with van der Waals surface area (Å²) in [4.78, 5) is 14.4. The first-order valence-corrected chi connectivity index (χ1v) is 11.4. The topological polar surface area (TPSA) is 83.3 Å². The molecule has 0 aliphatic carbocycles. The van der Waals surface area contributed by atoms with Gasteiger partial charge < -0.3 is 19.9 Å². The molecule has 2 atom stereocenters. The maximum Gasteiger partial charge on any atom is 0.451 e. The number of aromatic nitrogens is 3. The Morgan fingerprint density at radius 1 is 1.03 bits per heavy atom. The number of halogens is 6. The molecule has 13 heteroatoms. The summed E-state index contributed by atoms with van der Waals surface area (Å²) in [6, 6.07) is 8.36. The number of fused-ring (bicyclic) bond motifs is 1. The average Bonchev–Trinajstić information content (AvgIpc) is 3.30. The highest BCUT2D eigenvalue weighted by Crippen LogP contribution is 2.29. The molecule has 0 saturated heterocycles. The lowest BCUT2D eigenvalue weighted by molar-refractivity contribution is -0.148. The molecule has 0 spiro atoms. The second kappa shape index (κ2) is 10.9. The van der Waals surface area contributed by atoms with Crippen LogP contribution in [0, 0.1) is 17.5 Å². The Balaban J connectivity index is 1.54. The van der Waals surface area contributed by atoms with Crippen molar-refractivity contribution in [1.82, 2.24) is 25.0 Å². The van der Waals surface area contributed by atoms with Gasteiger partial charge in [-0.05, 0) is 23.6 Å². The number of hydrogen-bond acceptors (Lipinski definition) is 5. The molecule has 198 valence electrons. The van der Waals surface area contributed by atoms with E-state index in [0.29, 0.717) is 17.7 Å². The van der Waals surface area contributed by atoms with Gasteiger partial charge in [-0.15, -0.1) is 10.2 Å². The van der Waals surface area contributed by atoms with Crippen LogP contribution >= 0.6 is 0 Å². The molecule has 0 fully saturated rings. The van der Waals surface area contributed by atoms with E-state index in [-0.39, 0.29) is 50.5 Å². The van der Waals surface area contributed by atoms with Crippen LogP contribution in [-0.4, -0.2) is 49.9 Å². The van der Waals surface area contributed by atoms with Crippen molar-refractivity contribution < 1.29 is 36.2 Å². The van der Waals surface area contributed by atoms with Crippen molar-refractivity contribution in [2.45, 2.75) is 44.2 Å². The summed E-state index contributed by atoms with van der Waals surface area (Å²) >= 11 is 0. The zero-order valence-corrected chi connectivity index (χ0v) is 19.4. The van der Waals surface area contributed by atoms with Crippen LogP contribution in [0.4, 0.5) is 26.3 Å².